The molecule has 1 aromatic rings. The predicted molar refractivity (Wildman–Crippen MR) is 61.3 cm³/mol. The molecule has 15 heavy (non-hydrogen) atoms. The minimum atomic E-state index is -0.523. The number of hydrogen-bond donors (Lipinski definition) is 0. The second-order valence-corrected chi connectivity index (χ2v) is 4.19. The predicted octanol–water partition coefficient (Wildman–Crippen LogP) is 3.04. The summed E-state index contributed by atoms with van der Waals surface area (Å²) in [7, 11) is 0. The van der Waals surface area contributed by atoms with E-state index >= 15 is 0 Å². The van der Waals surface area contributed by atoms with Crippen molar-refractivity contribution in [1.29, 1.82) is 0 Å². The number of rotatable bonds is 2. The van der Waals surface area contributed by atoms with Gasteiger partial charge < -0.3 is 4.74 Å². The molecule has 0 aromatic heterocycles. The summed E-state index contributed by atoms with van der Waals surface area (Å²) in [5.74, 6) is -0.485. The Morgan fingerprint density at radius 1 is 1.33 bits per heavy atom. The average molecular weight is 205 g/mol. The summed E-state index contributed by atoms with van der Waals surface area (Å²) in [5, 5.41) is 0. The van der Waals surface area contributed by atoms with Gasteiger partial charge in [-0.15, -0.1) is 0 Å². The van der Waals surface area contributed by atoms with Gasteiger partial charge in [-0.25, -0.2) is 4.79 Å². The summed E-state index contributed by atoms with van der Waals surface area (Å²) in [6.07, 6.45) is 1.20. The number of carbonyl (C=O) groups excluding carboxylic acids is 1. The first-order chi connectivity index (χ1) is 7.38. The standard InChI is InChI=1S/C13H16O2/c1-13(2,3)15-12(14)10-9-11-7-5-4-6-8-11/h4-10H,1-3H3/b10-9+/i9D. The molecule has 0 aliphatic heterocycles. The molecule has 2 heteroatoms. The van der Waals surface area contributed by atoms with Gasteiger partial charge in [0, 0.05) is 6.08 Å². The van der Waals surface area contributed by atoms with Crippen LogP contribution in [0.5, 0.6) is 0 Å². The first-order valence-electron chi connectivity index (χ1n) is 5.35. The van der Waals surface area contributed by atoms with Gasteiger partial charge in [-0.3, -0.25) is 0 Å². The normalized spacial score (nSPS) is 13.3. The van der Waals surface area contributed by atoms with E-state index < -0.39 is 11.6 Å². The van der Waals surface area contributed by atoms with Crippen molar-refractivity contribution in [3.8, 4) is 0 Å². The van der Waals surface area contributed by atoms with E-state index in [1.165, 1.54) is 6.08 Å². The topological polar surface area (TPSA) is 26.3 Å². The number of carbonyl (C=O) groups is 1. The molecule has 0 saturated carbocycles. The fourth-order valence-corrected chi connectivity index (χ4v) is 1.01. The molecule has 2 nitrogen and oxygen atoms in total. The maximum atomic E-state index is 11.4. The third kappa shape index (κ3) is 5.01. The van der Waals surface area contributed by atoms with Crippen molar-refractivity contribution in [1.82, 2.24) is 0 Å². The van der Waals surface area contributed by atoms with Crippen LogP contribution in [0, 0.1) is 0 Å². The van der Waals surface area contributed by atoms with Gasteiger partial charge in [-0.05, 0) is 32.4 Å². The first-order valence-corrected chi connectivity index (χ1v) is 4.85. The third-order valence-electron chi connectivity index (χ3n) is 1.54. The van der Waals surface area contributed by atoms with E-state index in [4.69, 9.17) is 6.11 Å². The molecule has 0 aliphatic rings. The van der Waals surface area contributed by atoms with Crippen molar-refractivity contribution in [2.75, 3.05) is 0 Å². The van der Waals surface area contributed by atoms with Crippen molar-refractivity contribution in [3.63, 3.8) is 0 Å². The smallest absolute Gasteiger partial charge is 0.331 e. The largest absolute Gasteiger partial charge is 0.457 e. The zero-order valence-corrected chi connectivity index (χ0v) is 9.28. The Hall–Kier alpha value is -1.57. The molecule has 0 spiro atoms. The summed E-state index contributed by atoms with van der Waals surface area (Å²) in [4.78, 5) is 11.4. The Labute approximate surface area is 92.0 Å². The van der Waals surface area contributed by atoms with E-state index in [0.29, 0.717) is 5.56 Å². The Morgan fingerprint density at radius 2 is 1.93 bits per heavy atom. The number of ether oxygens (including phenoxy) is 1. The highest BCUT2D eigenvalue weighted by Gasteiger charge is 2.13. The van der Waals surface area contributed by atoms with E-state index in [2.05, 4.69) is 0 Å². The maximum Gasteiger partial charge on any atom is 0.331 e. The highest BCUT2D eigenvalue weighted by Crippen LogP contribution is 2.08. The van der Waals surface area contributed by atoms with Gasteiger partial charge in [-0.1, -0.05) is 30.3 Å². The first kappa shape index (κ1) is 9.97. The van der Waals surface area contributed by atoms with E-state index in [9.17, 15) is 4.79 Å². The molecular formula is C13H16O2. The molecule has 0 fully saturated rings. The van der Waals surface area contributed by atoms with Crippen molar-refractivity contribution < 1.29 is 10.9 Å². The summed E-state index contributed by atoms with van der Waals surface area (Å²) >= 11 is 0. The van der Waals surface area contributed by atoms with E-state index in [-0.39, 0.29) is 6.05 Å². The molecule has 0 unspecified atom stereocenters. The Kier molecular flexibility index (Phi) is 3.18. The van der Waals surface area contributed by atoms with Gasteiger partial charge in [0.2, 0.25) is 0 Å². The van der Waals surface area contributed by atoms with Gasteiger partial charge in [0.25, 0.3) is 0 Å². The van der Waals surface area contributed by atoms with Crippen LogP contribution in [0.2, 0.25) is 0 Å². The molecule has 0 aliphatic carbocycles. The van der Waals surface area contributed by atoms with Crippen LogP contribution in [0.4, 0.5) is 0 Å². The van der Waals surface area contributed by atoms with Gasteiger partial charge in [-0.2, -0.15) is 0 Å². The maximum absolute atomic E-state index is 11.4. The van der Waals surface area contributed by atoms with Crippen molar-refractivity contribution in [3.05, 3.63) is 42.0 Å². The fraction of sp³-hybridized carbons (Fsp3) is 0.308. The van der Waals surface area contributed by atoms with Crippen LogP contribution in [0.3, 0.4) is 0 Å². The number of benzene rings is 1. The van der Waals surface area contributed by atoms with Gasteiger partial charge in [0.1, 0.15) is 5.60 Å². The molecule has 0 atom stereocenters. The summed E-state index contributed by atoms with van der Waals surface area (Å²) in [6, 6.07) is 9.24. The fourth-order valence-electron chi connectivity index (χ4n) is 1.01. The lowest BCUT2D eigenvalue weighted by Gasteiger charge is -2.17. The minimum absolute atomic E-state index is 0.162. The summed E-state index contributed by atoms with van der Waals surface area (Å²) < 4.78 is 12.8. The van der Waals surface area contributed by atoms with Crippen LogP contribution in [0.15, 0.2) is 36.4 Å². The quantitative estimate of drug-likeness (QED) is 0.548. The summed E-state index contributed by atoms with van der Waals surface area (Å²) in [5.41, 5.74) is 0.179. The van der Waals surface area contributed by atoms with Gasteiger partial charge in [0.15, 0.2) is 0 Å². The second-order valence-electron chi connectivity index (χ2n) is 4.19. The van der Waals surface area contributed by atoms with Gasteiger partial charge in [0.05, 0.1) is 1.37 Å². The molecule has 1 aromatic carbocycles. The van der Waals surface area contributed by atoms with Crippen LogP contribution in [0.1, 0.15) is 27.7 Å². The Morgan fingerprint density at radius 3 is 2.47 bits per heavy atom. The lowest BCUT2D eigenvalue weighted by Crippen LogP contribution is -2.22. The van der Waals surface area contributed by atoms with Crippen LogP contribution >= 0.6 is 0 Å². The van der Waals surface area contributed by atoms with E-state index in [1.807, 2.05) is 18.2 Å². The molecule has 80 valence electrons. The highest BCUT2D eigenvalue weighted by molar-refractivity contribution is 5.87. The molecule has 0 amide bonds. The van der Waals surface area contributed by atoms with Crippen LogP contribution in [0.25, 0.3) is 6.05 Å². The van der Waals surface area contributed by atoms with Crippen LogP contribution in [-0.4, -0.2) is 11.6 Å². The van der Waals surface area contributed by atoms with E-state index in [0.717, 1.165) is 0 Å². The van der Waals surface area contributed by atoms with E-state index in [1.54, 1.807) is 32.9 Å². The minimum Gasteiger partial charge on any atom is -0.457 e. The average Bonchev–Trinajstić information content (AvgIpc) is 2.16. The molecule has 0 heterocycles. The number of esters is 1. The number of hydrogen-bond acceptors (Lipinski definition) is 2. The molecule has 0 radical (unpaired) electrons. The van der Waals surface area contributed by atoms with Crippen LogP contribution in [-0.2, 0) is 9.53 Å². The highest BCUT2D eigenvalue weighted by atomic mass is 16.6. The lowest BCUT2D eigenvalue weighted by atomic mass is 10.2. The van der Waals surface area contributed by atoms with Crippen molar-refractivity contribution in [2.45, 2.75) is 26.4 Å². The molecule has 0 N–H and O–H groups in total. The zero-order chi connectivity index (χ0) is 12.2. The third-order valence-corrected chi connectivity index (χ3v) is 1.54. The molecular weight excluding hydrogens is 188 g/mol. The second kappa shape index (κ2) is 4.78. The summed E-state index contributed by atoms with van der Waals surface area (Å²) in [6.45, 7) is 5.39. The molecule has 1 rings (SSSR count). The zero-order valence-electron chi connectivity index (χ0n) is 10.3. The van der Waals surface area contributed by atoms with Crippen molar-refractivity contribution in [2.24, 2.45) is 0 Å². The molecule has 0 saturated heterocycles. The monoisotopic (exact) mass is 205 g/mol. The SMILES string of the molecule is [2H]/C(=C\C(=O)OC(C)(C)C)c1ccccc1. The lowest BCUT2D eigenvalue weighted by molar-refractivity contribution is -0.148. The Bertz CT molecular complexity index is 388. The molecule has 0 bridgehead atoms. The van der Waals surface area contributed by atoms with Crippen molar-refractivity contribution >= 4 is 12.0 Å². The Balaban J connectivity index is 2.75. The van der Waals surface area contributed by atoms with Crippen LogP contribution < -0.4 is 0 Å². The van der Waals surface area contributed by atoms with Gasteiger partial charge >= 0.3 is 5.97 Å².